The van der Waals surface area contributed by atoms with Crippen LogP contribution >= 0.6 is 0 Å². The van der Waals surface area contributed by atoms with Gasteiger partial charge in [-0.15, -0.1) is 0 Å². The topological polar surface area (TPSA) is 12.4 Å². The second kappa shape index (κ2) is 2.44. The quantitative estimate of drug-likeness (QED) is 0.501. The molecule has 1 rings (SSSR count). The Balaban J connectivity index is 2.72. The molecular formula is C6H6F3N. The molecule has 4 heteroatoms. The van der Waals surface area contributed by atoms with Crippen LogP contribution in [-0.2, 0) is 0 Å². The molecule has 1 heterocycles. The fraction of sp³-hybridized carbons (Fsp3) is 0.500. The van der Waals surface area contributed by atoms with Crippen molar-refractivity contribution in [1.29, 1.82) is 0 Å². The Bertz CT molecular complexity index is 178. The third kappa shape index (κ3) is 1.59. The number of aliphatic imine (C=N–C) groups is 1. The van der Waals surface area contributed by atoms with Gasteiger partial charge in [-0.1, -0.05) is 0 Å². The molecule has 56 valence electrons. The zero-order valence-electron chi connectivity index (χ0n) is 5.15. The van der Waals surface area contributed by atoms with E-state index in [0.717, 1.165) is 6.20 Å². The molecule has 0 aromatic carbocycles. The van der Waals surface area contributed by atoms with Crippen LogP contribution in [0.3, 0.4) is 0 Å². The highest BCUT2D eigenvalue weighted by atomic mass is 19.4. The Labute approximate surface area is 56.3 Å². The second-order valence-corrected chi connectivity index (χ2v) is 2.02. The predicted molar refractivity (Wildman–Crippen MR) is 31.9 cm³/mol. The fourth-order valence-corrected chi connectivity index (χ4v) is 0.717. The number of rotatable bonds is 0. The Morgan fingerprint density at radius 3 is 2.40 bits per heavy atom. The average molecular weight is 149 g/mol. The Kier molecular flexibility index (Phi) is 1.78. The van der Waals surface area contributed by atoms with Gasteiger partial charge < -0.3 is 0 Å². The first kappa shape index (κ1) is 7.31. The summed E-state index contributed by atoms with van der Waals surface area (Å²) in [5, 5.41) is 0. The standard InChI is InChI=1S/C6H6F3N/c7-6(8,9)5-2-1-3-10-4-5/h3-4H,1-2H2. The smallest absolute Gasteiger partial charge is 0.269 e. The van der Waals surface area contributed by atoms with Crippen LogP contribution < -0.4 is 0 Å². The zero-order chi connectivity index (χ0) is 7.61. The van der Waals surface area contributed by atoms with E-state index in [-0.39, 0.29) is 6.42 Å². The van der Waals surface area contributed by atoms with Crippen molar-refractivity contribution in [3.8, 4) is 0 Å². The maximum absolute atomic E-state index is 11.8. The van der Waals surface area contributed by atoms with E-state index < -0.39 is 11.7 Å². The molecule has 1 nitrogen and oxygen atoms in total. The molecule has 0 saturated carbocycles. The molecule has 0 saturated heterocycles. The summed E-state index contributed by atoms with van der Waals surface area (Å²) in [5.41, 5.74) is -0.532. The fourth-order valence-electron chi connectivity index (χ4n) is 0.717. The highest BCUT2D eigenvalue weighted by molar-refractivity contribution is 5.60. The van der Waals surface area contributed by atoms with Crippen molar-refractivity contribution >= 4 is 6.21 Å². The molecule has 0 fully saturated rings. The Morgan fingerprint density at radius 1 is 1.40 bits per heavy atom. The van der Waals surface area contributed by atoms with Gasteiger partial charge in [-0.25, -0.2) is 0 Å². The van der Waals surface area contributed by atoms with E-state index >= 15 is 0 Å². The molecule has 10 heavy (non-hydrogen) atoms. The van der Waals surface area contributed by atoms with Crippen molar-refractivity contribution in [3.63, 3.8) is 0 Å². The number of nitrogens with zero attached hydrogens (tertiary/aromatic N) is 1. The number of alkyl halides is 3. The largest absolute Gasteiger partial charge is 0.414 e. The van der Waals surface area contributed by atoms with E-state index in [1.807, 2.05) is 0 Å². The summed E-state index contributed by atoms with van der Waals surface area (Å²) in [7, 11) is 0. The lowest BCUT2D eigenvalue weighted by Crippen LogP contribution is -2.13. The molecular weight excluding hydrogens is 143 g/mol. The maximum Gasteiger partial charge on any atom is 0.414 e. The summed E-state index contributed by atoms with van der Waals surface area (Å²) in [6.45, 7) is 0. The van der Waals surface area contributed by atoms with Gasteiger partial charge in [-0.3, -0.25) is 4.99 Å². The maximum atomic E-state index is 11.8. The van der Waals surface area contributed by atoms with Gasteiger partial charge in [-0.2, -0.15) is 13.2 Å². The molecule has 0 radical (unpaired) electrons. The summed E-state index contributed by atoms with van der Waals surface area (Å²) in [6.07, 6.45) is -1.37. The van der Waals surface area contributed by atoms with E-state index in [4.69, 9.17) is 0 Å². The van der Waals surface area contributed by atoms with Crippen molar-refractivity contribution < 1.29 is 13.2 Å². The van der Waals surface area contributed by atoms with Gasteiger partial charge in [0.05, 0.1) is 5.57 Å². The van der Waals surface area contributed by atoms with E-state index in [1.54, 1.807) is 0 Å². The minimum absolute atomic E-state index is 0.0625. The van der Waals surface area contributed by atoms with Gasteiger partial charge in [0.1, 0.15) is 0 Å². The molecule has 0 aliphatic carbocycles. The molecule has 0 spiro atoms. The van der Waals surface area contributed by atoms with Crippen LogP contribution in [0.15, 0.2) is 16.8 Å². The van der Waals surface area contributed by atoms with Gasteiger partial charge in [0.2, 0.25) is 0 Å². The number of hydrogen-bond acceptors (Lipinski definition) is 1. The third-order valence-electron chi connectivity index (χ3n) is 1.24. The van der Waals surface area contributed by atoms with Crippen molar-refractivity contribution in [2.24, 2.45) is 4.99 Å². The van der Waals surface area contributed by atoms with Crippen LogP contribution in [-0.4, -0.2) is 12.4 Å². The SMILES string of the molecule is FC(F)(F)C1=CN=CCC1. The third-order valence-corrected chi connectivity index (χ3v) is 1.24. The first-order valence-corrected chi connectivity index (χ1v) is 2.88. The number of allylic oxidation sites excluding steroid dienone is 1. The highest BCUT2D eigenvalue weighted by Crippen LogP contribution is 2.29. The summed E-state index contributed by atoms with van der Waals surface area (Å²) in [5.74, 6) is 0. The molecule has 0 bridgehead atoms. The summed E-state index contributed by atoms with van der Waals surface area (Å²) >= 11 is 0. The van der Waals surface area contributed by atoms with E-state index in [2.05, 4.69) is 4.99 Å². The lowest BCUT2D eigenvalue weighted by molar-refractivity contribution is -0.0941. The van der Waals surface area contributed by atoms with Gasteiger partial charge in [0.25, 0.3) is 0 Å². The lowest BCUT2D eigenvalue weighted by Gasteiger charge is -2.10. The summed E-state index contributed by atoms with van der Waals surface area (Å²) in [6, 6.07) is 0. The molecule has 0 amide bonds. The first-order valence-electron chi connectivity index (χ1n) is 2.88. The van der Waals surface area contributed by atoms with Crippen LogP contribution in [0, 0.1) is 0 Å². The van der Waals surface area contributed by atoms with Crippen molar-refractivity contribution in [2.75, 3.05) is 0 Å². The van der Waals surface area contributed by atoms with Crippen LogP contribution in [0.4, 0.5) is 13.2 Å². The van der Waals surface area contributed by atoms with Crippen molar-refractivity contribution in [2.45, 2.75) is 19.0 Å². The second-order valence-electron chi connectivity index (χ2n) is 2.02. The molecule has 1 aliphatic heterocycles. The van der Waals surface area contributed by atoms with Crippen LogP contribution in [0.5, 0.6) is 0 Å². The van der Waals surface area contributed by atoms with E-state index in [1.165, 1.54) is 6.21 Å². The predicted octanol–water partition coefficient (Wildman–Crippen LogP) is 2.30. The monoisotopic (exact) mass is 149 g/mol. The van der Waals surface area contributed by atoms with Crippen molar-refractivity contribution in [1.82, 2.24) is 0 Å². The van der Waals surface area contributed by atoms with Gasteiger partial charge >= 0.3 is 6.18 Å². The van der Waals surface area contributed by atoms with E-state index in [0.29, 0.717) is 6.42 Å². The van der Waals surface area contributed by atoms with Crippen molar-refractivity contribution in [3.05, 3.63) is 11.8 Å². The van der Waals surface area contributed by atoms with Gasteiger partial charge in [0.15, 0.2) is 0 Å². The first-order chi connectivity index (χ1) is 4.61. The Morgan fingerprint density at radius 2 is 2.10 bits per heavy atom. The van der Waals surface area contributed by atoms with E-state index in [9.17, 15) is 13.2 Å². The summed E-state index contributed by atoms with van der Waals surface area (Å²) in [4.78, 5) is 3.42. The molecule has 0 aromatic heterocycles. The molecule has 0 unspecified atom stereocenters. The van der Waals surface area contributed by atoms with Crippen LogP contribution in [0.25, 0.3) is 0 Å². The highest BCUT2D eigenvalue weighted by Gasteiger charge is 2.33. The summed E-state index contributed by atoms with van der Waals surface area (Å²) < 4.78 is 35.4. The van der Waals surface area contributed by atoms with Crippen LogP contribution in [0.2, 0.25) is 0 Å². The molecule has 1 aliphatic rings. The minimum atomic E-state index is -4.18. The molecule has 0 atom stereocenters. The number of hydrogen-bond donors (Lipinski definition) is 0. The Hall–Kier alpha value is -0.800. The zero-order valence-corrected chi connectivity index (χ0v) is 5.15. The molecule has 0 N–H and O–H groups in total. The van der Waals surface area contributed by atoms with Gasteiger partial charge in [-0.05, 0) is 12.8 Å². The minimum Gasteiger partial charge on any atom is -0.269 e. The average Bonchev–Trinajstić information content (AvgIpc) is 1.88. The van der Waals surface area contributed by atoms with Gasteiger partial charge in [0, 0.05) is 12.4 Å². The van der Waals surface area contributed by atoms with Crippen LogP contribution in [0.1, 0.15) is 12.8 Å². The normalized spacial score (nSPS) is 18.9. The number of halogens is 3. The molecule has 0 aromatic rings. The lowest BCUT2D eigenvalue weighted by atomic mass is 10.1.